The van der Waals surface area contributed by atoms with Gasteiger partial charge < -0.3 is 10.2 Å². The molecule has 0 bridgehead atoms. The van der Waals surface area contributed by atoms with E-state index in [1.807, 2.05) is 103 Å². The second kappa shape index (κ2) is 9.56. The van der Waals surface area contributed by atoms with Gasteiger partial charge in [0.15, 0.2) is 17.5 Å². The van der Waals surface area contributed by atoms with Gasteiger partial charge in [-0.2, -0.15) is 5.10 Å². The van der Waals surface area contributed by atoms with Gasteiger partial charge in [0.2, 0.25) is 0 Å². The fourth-order valence-electron chi connectivity index (χ4n) is 5.44. The van der Waals surface area contributed by atoms with Crippen molar-refractivity contribution in [1.82, 2.24) is 9.78 Å². The van der Waals surface area contributed by atoms with Crippen LogP contribution in [0.15, 0.2) is 113 Å². The maximum absolute atomic E-state index is 11.8. The Morgan fingerprint density at radius 3 is 2.39 bits per heavy atom. The zero-order valence-electron chi connectivity index (χ0n) is 22.4. The number of anilines is 2. The van der Waals surface area contributed by atoms with Gasteiger partial charge in [-0.3, -0.25) is 10.1 Å². The minimum Gasteiger partial charge on any atom is -0.337 e. The van der Waals surface area contributed by atoms with Crippen molar-refractivity contribution in [1.29, 1.82) is 0 Å². The van der Waals surface area contributed by atoms with Gasteiger partial charge in [0, 0.05) is 23.4 Å². The molecular weight excluding hydrogens is 514 g/mol. The van der Waals surface area contributed by atoms with E-state index in [9.17, 15) is 10.1 Å². The maximum Gasteiger partial charge on any atom is 0.269 e. The van der Waals surface area contributed by atoms with Crippen molar-refractivity contribution in [3.8, 4) is 5.69 Å². The molecule has 1 atom stereocenters. The molecular formula is C32H25N7O2. The molecule has 1 N–H and O–H groups in total. The van der Waals surface area contributed by atoms with Crippen molar-refractivity contribution in [2.75, 3.05) is 10.2 Å². The number of nitro groups is 1. The van der Waals surface area contributed by atoms with Crippen LogP contribution in [0.2, 0.25) is 0 Å². The Hall–Kier alpha value is -5.57. The molecule has 0 amide bonds. The SMILES string of the molecule is Cc1ccc(NC2=Nc3ccccc3N3C2=Nc2c(c(C)nn2-c2ccccc2)C3c2cccc([N+](=O)[O-])c2)cc1. The van der Waals surface area contributed by atoms with E-state index in [0.717, 1.165) is 45.1 Å². The lowest BCUT2D eigenvalue weighted by Gasteiger charge is -2.40. The van der Waals surface area contributed by atoms with Crippen LogP contribution in [-0.4, -0.2) is 26.4 Å². The van der Waals surface area contributed by atoms with E-state index in [4.69, 9.17) is 15.1 Å². The minimum absolute atomic E-state index is 0.0261. The van der Waals surface area contributed by atoms with Crippen molar-refractivity contribution in [2.24, 2.45) is 9.98 Å². The summed E-state index contributed by atoms with van der Waals surface area (Å²) in [5.74, 6) is 1.84. The predicted molar refractivity (Wildman–Crippen MR) is 161 cm³/mol. The molecule has 7 rings (SSSR count). The average Bonchev–Trinajstić information content (AvgIpc) is 3.33. The fourth-order valence-corrected chi connectivity index (χ4v) is 5.44. The third-order valence-electron chi connectivity index (χ3n) is 7.35. The molecule has 0 radical (unpaired) electrons. The third-order valence-corrected chi connectivity index (χ3v) is 7.35. The first kappa shape index (κ1) is 24.5. The Morgan fingerprint density at radius 2 is 1.61 bits per heavy atom. The molecule has 9 nitrogen and oxygen atoms in total. The largest absolute Gasteiger partial charge is 0.337 e. The van der Waals surface area contributed by atoms with E-state index in [0.29, 0.717) is 17.5 Å². The van der Waals surface area contributed by atoms with Gasteiger partial charge in [-0.15, -0.1) is 0 Å². The summed E-state index contributed by atoms with van der Waals surface area (Å²) < 4.78 is 1.84. The number of fused-ring (bicyclic) bond motifs is 4. The van der Waals surface area contributed by atoms with Crippen LogP contribution >= 0.6 is 0 Å². The molecule has 4 aromatic carbocycles. The van der Waals surface area contributed by atoms with Gasteiger partial charge in [-0.1, -0.05) is 60.2 Å². The van der Waals surface area contributed by atoms with Crippen LogP contribution < -0.4 is 10.2 Å². The first-order valence-corrected chi connectivity index (χ1v) is 13.3. The maximum atomic E-state index is 11.8. The molecule has 0 saturated heterocycles. The number of rotatable bonds is 4. The predicted octanol–water partition coefficient (Wildman–Crippen LogP) is 7.19. The summed E-state index contributed by atoms with van der Waals surface area (Å²) in [5.41, 5.74) is 6.98. The third kappa shape index (κ3) is 4.15. The van der Waals surface area contributed by atoms with Gasteiger partial charge in [-0.05, 0) is 55.8 Å². The number of hydrogen-bond donors (Lipinski definition) is 1. The molecule has 5 aromatic rings. The molecule has 3 heterocycles. The van der Waals surface area contributed by atoms with Crippen molar-refractivity contribution in [3.63, 3.8) is 0 Å². The highest BCUT2D eigenvalue weighted by Crippen LogP contribution is 2.48. The van der Waals surface area contributed by atoms with Crippen LogP contribution in [0.3, 0.4) is 0 Å². The highest BCUT2D eigenvalue weighted by molar-refractivity contribution is 6.51. The lowest BCUT2D eigenvalue weighted by atomic mass is 9.93. The molecule has 1 aromatic heterocycles. The van der Waals surface area contributed by atoms with Crippen molar-refractivity contribution in [2.45, 2.75) is 19.9 Å². The Balaban J connectivity index is 1.50. The molecule has 0 fully saturated rings. The number of amidine groups is 2. The Morgan fingerprint density at radius 1 is 0.854 bits per heavy atom. The number of non-ortho nitro benzene ring substituents is 1. The average molecular weight is 540 g/mol. The number of nitro benzene ring substituents is 1. The Bertz CT molecular complexity index is 1870. The molecule has 2 aliphatic heterocycles. The molecule has 0 spiro atoms. The molecule has 200 valence electrons. The van der Waals surface area contributed by atoms with Crippen LogP contribution in [-0.2, 0) is 0 Å². The molecule has 2 aliphatic rings. The van der Waals surface area contributed by atoms with E-state index in [1.54, 1.807) is 12.1 Å². The zero-order valence-corrected chi connectivity index (χ0v) is 22.4. The number of benzene rings is 4. The topological polar surface area (TPSA) is 101 Å². The number of nitrogens with zero attached hydrogens (tertiary/aromatic N) is 6. The first-order chi connectivity index (χ1) is 20.0. The highest BCUT2D eigenvalue weighted by Gasteiger charge is 2.41. The fraction of sp³-hybridized carbons (Fsp3) is 0.0938. The smallest absolute Gasteiger partial charge is 0.269 e. The lowest BCUT2D eigenvalue weighted by molar-refractivity contribution is -0.384. The minimum atomic E-state index is -0.443. The Labute approximate surface area is 236 Å². The van der Waals surface area contributed by atoms with Crippen LogP contribution in [0.5, 0.6) is 0 Å². The summed E-state index contributed by atoms with van der Waals surface area (Å²) in [5, 5.41) is 20.2. The standard InChI is InChI=1S/C32H25N7O2/c1-20-15-17-23(18-16-20)33-30-32-35-31-28(21(2)36-38(31)24-10-4-3-5-11-24)29(22-9-8-12-25(19-22)39(40)41)37(32)27-14-7-6-13-26(27)34-30/h3-19,29H,1-2H3,(H,33,34). The molecule has 41 heavy (non-hydrogen) atoms. The summed E-state index contributed by atoms with van der Waals surface area (Å²) in [4.78, 5) is 23.8. The van der Waals surface area contributed by atoms with E-state index in [-0.39, 0.29) is 10.6 Å². The van der Waals surface area contributed by atoms with Crippen molar-refractivity contribution >= 4 is 40.2 Å². The van der Waals surface area contributed by atoms with Crippen molar-refractivity contribution in [3.05, 3.63) is 136 Å². The number of aliphatic imine (C=N–C) groups is 2. The monoisotopic (exact) mass is 539 g/mol. The number of hydrogen-bond acceptors (Lipinski definition) is 7. The lowest BCUT2D eigenvalue weighted by Crippen LogP contribution is -2.46. The number of nitrogens with one attached hydrogen (secondary N) is 1. The summed E-state index contributed by atoms with van der Waals surface area (Å²) in [6, 6.07) is 32.2. The van der Waals surface area contributed by atoms with E-state index >= 15 is 0 Å². The van der Waals surface area contributed by atoms with Crippen LogP contribution in [0.4, 0.5) is 28.6 Å². The van der Waals surface area contributed by atoms with Gasteiger partial charge in [-0.25, -0.2) is 14.7 Å². The summed E-state index contributed by atoms with van der Waals surface area (Å²) >= 11 is 0. The van der Waals surface area contributed by atoms with Gasteiger partial charge in [0.1, 0.15) is 0 Å². The summed E-state index contributed by atoms with van der Waals surface area (Å²) in [6.07, 6.45) is 0. The van der Waals surface area contributed by atoms with E-state index in [1.165, 1.54) is 6.07 Å². The molecule has 1 unspecified atom stereocenters. The summed E-state index contributed by atoms with van der Waals surface area (Å²) in [7, 11) is 0. The van der Waals surface area contributed by atoms with Gasteiger partial charge in [0.05, 0.1) is 33.7 Å². The quantitative estimate of drug-likeness (QED) is 0.192. The van der Waals surface area contributed by atoms with E-state index in [2.05, 4.69) is 10.2 Å². The van der Waals surface area contributed by atoms with Crippen LogP contribution in [0, 0.1) is 24.0 Å². The molecule has 0 saturated carbocycles. The normalized spacial score (nSPS) is 15.3. The summed E-state index contributed by atoms with van der Waals surface area (Å²) in [6.45, 7) is 4.00. The Kier molecular flexibility index (Phi) is 5.71. The van der Waals surface area contributed by atoms with Crippen LogP contribution in [0.1, 0.15) is 28.4 Å². The molecule has 9 heteroatoms. The first-order valence-electron chi connectivity index (χ1n) is 13.3. The number of para-hydroxylation sites is 3. The van der Waals surface area contributed by atoms with Gasteiger partial charge in [0.25, 0.3) is 5.69 Å². The number of aromatic nitrogens is 2. The molecule has 0 aliphatic carbocycles. The van der Waals surface area contributed by atoms with Crippen LogP contribution in [0.25, 0.3) is 5.69 Å². The second-order valence-electron chi connectivity index (χ2n) is 10.1. The zero-order chi connectivity index (χ0) is 28.1. The second-order valence-corrected chi connectivity index (χ2v) is 10.1. The highest BCUT2D eigenvalue weighted by atomic mass is 16.6. The van der Waals surface area contributed by atoms with Crippen molar-refractivity contribution < 1.29 is 4.92 Å². The number of aryl methyl sites for hydroxylation is 2. The van der Waals surface area contributed by atoms with Gasteiger partial charge >= 0.3 is 0 Å². The van der Waals surface area contributed by atoms with E-state index < -0.39 is 6.04 Å².